The van der Waals surface area contributed by atoms with E-state index in [1.165, 1.54) is 10.4 Å². The van der Waals surface area contributed by atoms with E-state index in [4.69, 9.17) is 0 Å². The summed E-state index contributed by atoms with van der Waals surface area (Å²) in [4.78, 5) is 13.6. The van der Waals surface area contributed by atoms with Gasteiger partial charge in [0.2, 0.25) is 0 Å². The monoisotopic (exact) mass is 381 g/mol. The number of thiophene rings is 1. The Kier molecular flexibility index (Phi) is 6.17. The molecule has 0 aliphatic carbocycles. The van der Waals surface area contributed by atoms with Crippen molar-refractivity contribution in [2.24, 2.45) is 5.92 Å². The number of carbonyl (C=O) groups is 1. The lowest BCUT2D eigenvalue weighted by Gasteiger charge is -2.15. The average molecular weight is 382 g/mol. The summed E-state index contributed by atoms with van der Waals surface area (Å²) in [5.41, 5.74) is 1.17. The molecular weight excluding hydrogens is 362 g/mol. The first kappa shape index (κ1) is 17.2. The zero-order valence-electron chi connectivity index (χ0n) is 12.7. The van der Waals surface area contributed by atoms with Gasteiger partial charge >= 0.3 is 5.97 Å². The lowest BCUT2D eigenvalue weighted by molar-refractivity contribution is -0.140. The molecule has 2 rings (SSSR count). The number of nitrogens with one attached hydrogen (secondary N) is 1. The predicted molar refractivity (Wildman–Crippen MR) is 95.2 cm³/mol. The highest BCUT2D eigenvalue weighted by atomic mass is 79.9. The second-order valence-electron chi connectivity index (χ2n) is 5.68. The van der Waals surface area contributed by atoms with E-state index in [0.717, 1.165) is 9.35 Å². The maximum Gasteiger partial charge on any atom is 0.320 e. The van der Waals surface area contributed by atoms with Crippen molar-refractivity contribution in [2.45, 2.75) is 32.9 Å². The standard InChI is InChI=1S/C17H20BrNO2S/c1-11(2)8-15(17(20)21)19-10-14-6-7-16(22-14)12-4-3-5-13(18)9-12/h3-7,9,11,15,19H,8,10H2,1-2H3,(H,20,21). The number of hydrogen-bond acceptors (Lipinski definition) is 3. The number of hydrogen-bond donors (Lipinski definition) is 2. The van der Waals surface area contributed by atoms with Gasteiger partial charge in [-0.25, -0.2) is 0 Å². The van der Waals surface area contributed by atoms with Gasteiger partial charge in [-0.3, -0.25) is 10.1 Å². The number of benzene rings is 1. The summed E-state index contributed by atoms with van der Waals surface area (Å²) >= 11 is 5.17. The summed E-state index contributed by atoms with van der Waals surface area (Å²) in [6.45, 7) is 4.66. The van der Waals surface area contributed by atoms with E-state index < -0.39 is 12.0 Å². The molecule has 0 fully saturated rings. The van der Waals surface area contributed by atoms with Gasteiger partial charge in [0.1, 0.15) is 6.04 Å². The van der Waals surface area contributed by atoms with Gasteiger partial charge in [-0.15, -0.1) is 11.3 Å². The summed E-state index contributed by atoms with van der Waals surface area (Å²) in [6, 6.07) is 11.8. The molecule has 0 aliphatic heterocycles. The highest BCUT2D eigenvalue weighted by Crippen LogP contribution is 2.29. The molecule has 1 heterocycles. The molecule has 0 aliphatic rings. The Labute approximate surface area is 143 Å². The fourth-order valence-electron chi connectivity index (χ4n) is 2.24. The summed E-state index contributed by atoms with van der Waals surface area (Å²) in [5, 5.41) is 12.4. The fraction of sp³-hybridized carbons (Fsp3) is 0.353. The molecular formula is C17H20BrNO2S. The third kappa shape index (κ3) is 4.93. The Bertz CT molecular complexity index is 639. The van der Waals surface area contributed by atoms with E-state index in [1.807, 2.05) is 26.0 Å². The van der Waals surface area contributed by atoms with Crippen molar-refractivity contribution in [3.8, 4) is 10.4 Å². The molecule has 1 atom stereocenters. The van der Waals surface area contributed by atoms with E-state index in [-0.39, 0.29) is 0 Å². The largest absolute Gasteiger partial charge is 0.480 e. The molecule has 0 saturated heterocycles. The quantitative estimate of drug-likeness (QED) is 0.726. The highest BCUT2D eigenvalue weighted by molar-refractivity contribution is 9.10. The van der Waals surface area contributed by atoms with Gasteiger partial charge in [0.15, 0.2) is 0 Å². The zero-order valence-corrected chi connectivity index (χ0v) is 15.1. The SMILES string of the molecule is CC(C)CC(NCc1ccc(-c2cccc(Br)c2)s1)C(=O)O. The van der Waals surface area contributed by atoms with Gasteiger partial charge in [0.25, 0.3) is 0 Å². The van der Waals surface area contributed by atoms with Crippen LogP contribution in [0.3, 0.4) is 0 Å². The molecule has 0 amide bonds. The Morgan fingerprint density at radius 2 is 2.09 bits per heavy atom. The van der Waals surface area contributed by atoms with Gasteiger partial charge in [-0.2, -0.15) is 0 Å². The third-order valence-corrected chi connectivity index (χ3v) is 4.93. The molecule has 5 heteroatoms. The molecule has 0 radical (unpaired) electrons. The van der Waals surface area contributed by atoms with Crippen LogP contribution in [0.5, 0.6) is 0 Å². The first-order valence-corrected chi connectivity index (χ1v) is 8.87. The zero-order chi connectivity index (χ0) is 16.1. The number of rotatable bonds is 7. The molecule has 2 N–H and O–H groups in total. The normalized spacial score (nSPS) is 12.5. The summed E-state index contributed by atoms with van der Waals surface area (Å²) in [7, 11) is 0. The summed E-state index contributed by atoms with van der Waals surface area (Å²) in [5.74, 6) is -0.424. The van der Waals surface area contributed by atoms with Crippen molar-refractivity contribution in [1.82, 2.24) is 5.32 Å². The van der Waals surface area contributed by atoms with Gasteiger partial charge in [-0.05, 0) is 42.2 Å². The van der Waals surface area contributed by atoms with Crippen molar-refractivity contribution in [3.05, 3.63) is 45.7 Å². The van der Waals surface area contributed by atoms with Crippen LogP contribution < -0.4 is 5.32 Å². The van der Waals surface area contributed by atoms with Crippen LogP contribution in [-0.2, 0) is 11.3 Å². The van der Waals surface area contributed by atoms with Crippen LogP contribution in [-0.4, -0.2) is 17.1 Å². The fourth-order valence-corrected chi connectivity index (χ4v) is 3.59. The molecule has 0 bridgehead atoms. The van der Waals surface area contributed by atoms with E-state index in [1.54, 1.807) is 11.3 Å². The van der Waals surface area contributed by atoms with Crippen LogP contribution in [0.25, 0.3) is 10.4 Å². The maximum atomic E-state index is 11.3. The van der Waals surface area contributed by atoms with E-state index in [0.29, 0.717) is 18.9 Å². The molecule has 1 aromatic carbocycles. The molecule has 118 valence electrons. The molecule has 22 heavy (non-hydrogen) atoms. The summed E-state index contributed by atoms with van der Waals surface area (Å²) < 4.78 is 1.06. The molecule has 1 unspecified atom stereocenters. The van der Waals surface area contributed by atoms with E-state index in [2.05, 4.69) is 45.5 Å². The minimum atomic E-state index is -0.780. The molecule has 1 aromatic heterocycles. The van der Waals surface area contributed by atoms with E-state index in [9.17, 15) is 9.90 Å². The van der Waals surface area contributed by atoms with Crippen LogP contribution in [0.15, 0.2) is 40.9 Å². The number of carboxylic acids is 1. The van der Waals surface area contributed by atoms with Crippen molar-refractivity contribution in [3.63, 3.8) is 0 Å². The number of aliphatic carboxylic acids is 1. The van der Waals surface area contributed by atoms with Crippen molar-refractivity contribution in [2.75, 3.05) is 0 Å². The molecule has 0 spiro atoms. The van der Waals surface area contributed by atoms with Crippen LogP contribution in [0.2, 0.25) is 0 Å². The van der Waals surface area contributed by atoms with Crippen LogP contribution in [0, 0.1) is 5.92 Å². The van der Waals surface area contributed by atoms with Gasteiger partial charge in [0.05, 0.1) is 0 Å². The van der Waals surface area contributed by atoms with Crippen molar-refractivity contribution < 1.29 is 9.90 Å². The third-order valence-electron chi connectivity index (χ3n) is 3.30. The maximum absolute atomic E-state index is 11.3. The molecule has 3 nitrogen and oxygen atoms in total. The van der Waals surface area contributed by atoms with Gasteiger partial charge in [0, 0.05) is 20.8 Å². The first-order valence-electron chi connectivity index (χ1n) is 7.26. The average Bonchev–Trinajstić information content (AvgIpc) is 2.91. The van der Waals surface area contributed by atoms with E-state index >= 15 is 0 Å². The lowest BCUT2D eigenvalue weighted by Crippen LogP contribution is -2.37. The smallest absolute Gasteiger partial charge is 0.320 e. The lowest BCUT2D eigenvalue weighted by atomic mass is 10.0. The Hall–Kier alpha value is -1.17. The Morgan fingerprint density at radius 1 is 1.32 bits per heavy atom. The van der Waals surface area contributed by atoms with Gasteiger partial charge < -0.3 is 5.11 Å². The van der Waals surface area contributed by atoms with Crippen LogP contribution in [0.4, 0.5) is 0 Å². The summed E-state index contributed by atoms with van der Waals surface area (Å²) in [6.07, 6.45) is 0.638. The molecule has 2 aromatic rings. The Morgan fingerprint density at radius 3 is 2.73 bits per heavy atom. The number of halogens is 1. The molecule has 0 saturated carbocycles. The highest BCUT2D eigenvalue weighted by Gasteiger charge is 2.18. The van der Waals surface area contributed by atoms with Crippen LogP contribution in [0.1, 0.15) is 25.1 Å². The Balaban J connectivity index is 2.01. The first-order chi connectivity index (χ1) is 10.5. The minimum Gasteiger partial charge on any atom is -0.480 e. The number of carboxylic acid groups (broad SMARTS) is 1. The van der Waals surface area contributed by atoms with Gasteiger partial charge in [-0.1, -0.05) is 41.9 Å². The van der Waals surface area contributed by atoms with Crippen LogP contribution >= 0.6 is 27.3 Å². The predicted octanol–water partition coefficient (Wildman–Crippen LogP) is 4.77. The minimum absolute atomic E-state index is 0.356. The van der Waals surface area contributed by atoms with Crippen molar-refractivity contribution in [1.29, 1.82) is 0 Å². The second kappa shape index (κ2) is 7.90. The topological polar surface area (TPSA) is 49.3 Å². The van der Waals surface area contributed by atoms with Crippen molar-refractivity contribution >= 4 is 33.2 Å². The second-order valence-corrected chi connectivity index (χ2v) is 7.76.